The zero-order chi connectivity index (χ0) is 18.6. The Balaban J connectivity index is 1.76. The number of likely N-dealkylation sites (tertiary alicyclic amines) is 1. The van der Waals surface area contributed by atoms with E-state index < -0.39 is 5.54 Å². The molecule has 2 aromatic rings. The van der Waals surface area contributed by atoms with Crippen LogP contribution in [0.25, 0.3) is 0 Å². The van der Waals surface area contributed by atoms with Gasteiger partial charge in [0.2, 0.25) is 5.91 Å². The van der Waals surface area contributed by atoms with Crippen LogP contribution in [0.4, 0.5) is 10.1 Å². The summed E-state index contributed by atoms with van der Waals surface area (Å²) >= 11 is 0. The lowest BCUT2D eigenvalue weighted by molar-refractivity contribution is -0.124. The Morgan fingerprint density at radius 3 is 2.81 bits per heavy atom. The van der Waals surface area contributed by atoms with Gasteiger partial charge in [0.15, 0.2) is 0 Å². The number of likely N-dealkylation sites (N-methyl/N-ethyl adjacent to an activating group) is 1. The van der Waals surface area contributed by atoms with Gasteiger partial charge in [-0.3, -0.25) is 9.69 Å². The van der Waals surface area contributed by atoms with Crippen molar-refractivity contribution in [2.24, 2.45) is 0 Å². The number of nitrogens with zero attached hydrogens (tertiary/aromatic N) is 1. The van der Waals surface area contributed by atoms with Crippen LogP contribution in [0.1, 0.15) is 12.0 Å². The maximum Gasteiger partial charge on any atom is 0.246 e. The second-order valence-electron chi connectivity index (χ2n) is 6.61. The van der Waals surface area contributed by atoms with Crippen molar-refractivity contribution >= 4 is 11.6 Å². The molecule has 138 valence electrons. The molecule has 6 heteroatoms. The Hall–Kier alpha value is -2.60. The predicted molar refractivity (Wildman–Crippen MR) is 99.7 cm³/mol. The highest BCUT2D eigenvalue weighted by Gasteiger charge is 2.44. The van der Waals surface area contributed by atoms with Crippen LogP contribution in [0.5, 0.6) is 5.75 Å². The average molecular weight is 357 g/mol. The summed E-state index contributed by atoms with van der Waals surface area (Å²) in [5, 5.41) is 6.01. The maximum atomic E-state index is 13.5. The summed E-state index contributed by atoms with van der Waals surface area (Å²) in [6, 6.07) is 14.1. The Labute approximate surface area is 153 Å². The second-order valence-corrected chi connectivity index (χ2v) is 6.61. The van der Waals surface area contributed by atoms with E-state index in [0.29, 0.717) is 18.7 Å². The van der Waals surface area contributed by atoms with E-state index in [-0.39, 0.29) is 11.7 Å². The van der Waals surface area contributed by atoms with E-state index in [1.54, 1.807) is 26.3 Å². The fourth-order valence-electron chi connectivity index (χ4n) is 3.48. The first-order valence-corrected chi connectivity index (χ1v) is 8.66. The van der Waals surface area contributed by atoms with E-state index in [2.05, 4.69) is 15.5 Å². The Morgan fingerprint density at radius 2 is 2.08 bits per heavy atom. The third-order valence-electron chi connectivity index (χ3n) is 4.76. The minimum Gasteiger partial charge on any atom is -0.497 e. The van der Waals surface area contributed by atoms with E-state index in [9.17, 15) is 9.18 Å². The Kier molecular flexibility index (Phi) is 5.42. The number of hydrogen-bond donors (Lipinski definition) is 2. The highest BCUT2D eigenvalue weighted by Crippen LogP contribution is 2.28. The number of carbonyl (C=O) groups is 1. The van der Waals surface area contributed by atoms with Gasteiger partial charge in [-0.05, 0) is 42.3 Å². The van der Waals surface area contributed by atoms with Crippen LogP contribution in [-0.4, -0.2) is 43.6 Å². The maximum absolute atomic E-state index is 13.5. The molecular formula is C20H24FN3O2. The topological polar surface area (TPSA) is 53.6 Å². The fourth-order valence-corrected chi connectivity index (χ4v) is 3.48. The average Bonchev–Trinajstić information content (AvgIpc) is 3.04. The number of carbonyl (C=O) groups excluding carboxylic acids is 1. The van der Waals surface area contributed by atoms with Crippen molar-refractivity contribution in [3.63, 3.8) is 0 Å². The molecule has 0 radical (unpaired) electrons. The Morgan fingerprint density at radius 1 is 1.27 bits per heavy atom. The van der Waals surface area contributed by atoms with Gasteiger partial charge in [-0.15, -0.1) is 0 Å². The highest BCUT2D eigenvalue weighted by atomic mass is 19.1. The molecule has 0 bridgehead atoms. The molecule has 1 unspecified atom stereocenters. The number of halogens is 1. The predicted octanol–water partition coefficient (Wildman–Crippen LogP) is 2.64. The van der Waals surface area contributed by atoms with Crippen molar-refractivity contribution < 1.29 is 13.9 Å². The van der Waals surface area contributed by atoms with E-state index in [0.717, 1.165) is 24.4 Å². The van der Waals surface area contributed by atoms with Crippen molar-refractivity contribution in [2.45, 2.75) is 18.5 Å². The summed E-state index contributed by atoms with van der Waals surface area (Å²) in [5.41, 5.74) is 0.959. The van der Waals surface area contributed by atoms with Gasteiger partial charge in [0.1, 0.15) is 17.1 Å². The smallest absolute Gasteiger partial charge is 0.246 e. The molecule has 1 amide bonds. The fraction of sp³-hybridized carbons (Fsp3) is 0.350. The number of methoxy groups -OCH3 is 1. The molecule has 0 aromatic heterocycles. The number of anilines is 1. The molecule has 1 atom stereocenters. The molecule has 26 heavy (non-hydrogen) atoms. The van der Waals surface area contributed by atoms with Crippen molar-refractivity contribution in [1.29, 1.82) is 0 Å². The highest BCUT2D eigenvalue weighted by molar-refractivity contribution is 5.90. The number of benzene rings is 2. The number of nitrogens with one attached hydrogen (secondary N) is 2. The van der Waals surface area contributed by atoms with Gasteiger partial charge in [-0.1, -0.05) is 18.2 Å². The summed E-state index contributed by atoms with van der Waals surface area (Å²) in [6.45, 7) is 2.04. The molecular weight excluding hydrogens is 333 g/mol. The monoisotopic (exact) mass is 357 g/mol. The lowest BCUT2D eigenvalue weighted by Gasteiger charge is -2.30. The molecule has 5 nitrogen and oxygen atoms in total. The molecule has 0 spiro atoms. The van der Waals surface area contributed by atoms with Gasteiger partial charge in [0.25, 0.3) is 0 Å². The first-order valence-electron chi connectivity index (χ1n) is 8.66. The van der Waals surface area contributed by atoms with Gasteiger partial charge < -0.3 is 15.4 Å². The lowest BCUT2D eigenvalue weighted by Crippen LogP contribution is -2.53. The number of rotatable bonds is 6. The lowest BCUT2D eigenvalue weighted by atomic mass is 9.96. The molecule has 0 saturated carbocycles. The van der Waals surface area contributed by atoms with Gasteiger partial charge in [-0.25, -0.2) is 4.39 Å². The number of amides is 1. The zero-order valence-electron chi connectivity index (χ0n) is 15.1. The van der Waals surface area contributed by atoms with Crippen LogP contribution in [0.2, 0.25) is 0 Å². The zero-order valence-corrected chi connectivity index (χ0v) is 15.1. The molecule has 1 saturated heterocycles. The van der Waals surface area contributed by atoms with Crippen LogP contribution in [0.15, 0.2) is 48.5 Å². The summed E-state index contributed by atoms with van der Waals surface area (Å²) in [7, 11) is 3.27. The summed E-state index contributed by atoms with van der Waals surface area (Å²) in [4.78, 5) is 14.8. The normalized spacial score (nSPS) is 20.0. The largest absolute Gasteiger partial charge is 0.497 e. The molecule has 1 aliphatic rings. The van der Waals surface area contributed by atoms with E-state index >= 15 is 0 Å². The third kappa shape index (κ3) is 3.96. The standard InChI is InChI=1S/C20H24FN3O2/c1-22-19(25)20(23-17-7-4-6-16(21)12-17)9-10-24(14-20)13-15-5-3-8-18(11-15)26-2/h3-8,11-12,23H,9-10,13-14H2,1-2H3,(H,22,25). The van der Waals surface area contributed by atoms with E-state index in [1.165, 1.54) is 12.1 Å². The molecule has 0 aliphatic carbocycles. The number of ether oxygens (including phenoxy) is 1. The molecule has 1 aliphatic heterocycles. The van der Waals surface area contributed by atoms with Crippen LogP contribution in [-0.2, 0) is 11.3 Å². The molecule has 2 N–H and O–H groups in total. The minimum absolute atomic E-state index is 0.0881. The van der Waals surface area contributed by atoms with Gasteiger partial charge >= 0.3 is 0 Å². The van der Waals surface area contributed by atoms with Crippen molar-refractivity contribution in [1.82, 2.24) is 10.2 Å². The van der Waals surface area contributed by atoms with Gasteiger partial charge in [0, 0.05) is 32.4 Å². The van der Waals surface area contributed by atoms with Crippen LogP contribution in [0.3, 0.4) is 0 Å². The summed E-state index contributed by atoms with van der Waals surface area (Å²) < 4.78 is 18.8. The summed E-state index contributed by atoms with van der Waals surface area (Å²) in [5.74, 6) is 0.403. The van der Waals surface area contributed by atoms with Crippen LogP contribution >= 0.6 is 0 Å². The van der Waals surface area contributed by atoms with Crippen molar-refractivity contribution in [3.05, 3.63) is 59.9 Å². The second kappa shape index (κ2) is 7.74. The van der Waals surface area contributed by atoms with E-state index in [4.69, 9.17) is 4.74 Å². The molecule has 1 heterocycles. The van der Waals surface area contributed by atoms with Crippen LogP contribution < -0.4 is 15.4 Å². The number of hydrogen-bond acceptors (Lipinski definition) is 4. The first-order chi connectivity index (χ1) is 12.5. The summed E-state index contributed by atoms with van der Waals surface area (Å²) in [6.07, 6.45) is 0.646. The minimum atomic E-state index is -0.776. The third-order valence-corrected chi connectivity index (χ3v) is 4.76. The SMILES string of the molecule is CNC(=O)C1(Nc2cccc(F)c2)CCN(Cc2cccc(OC)c2)C1. The van der Waals surface area contributed by atoms with Gasteiger partial charge in [-0.2, -0.15) is 0 Å². The molecule has 3 rings (SSSR count). The first kappa shape index (κ1) is 18.2. The van der Waals surface area contributed by atoms with Crippen molar-refractivity contribution in [2.75, 3.05) is 32.6 Å². The van der Waals surface area contributed by atoms with Crippen LogP contribution in [0, 0.1) is 5.82 Å². The van der Waals surface area contributed by atoms with Gasteiger partial charge in [0.05, 0.1) is 7.11 Å². The van der Waals surface area contributed by atoms with E-state index in [1.807, 2.05) is 24.3 Å². The Bertz CT molecular complexity index is 783. The molecule has 1 fully saturated rings. The van der Waals surface area contributed by atoms with Crippen molar-refractivity contribution in [3.8, 4) is 5.75 Å². The molecule has 2 aromatic carbocycles. The quantitative estimate of drug-likeness (QED) is 0.835.